The van der Waals surface area contributed by atoms with Crippen LogP contribution in [0.25, 0.3) is 0 Å². The molecule has 0 bridgehead atoms. The molecule has 0 spiro atoms. The molecule has 3 nitrogen and oxygen atoms in total. The maximum absolute atomic E-state index is 9.56. The van der Waals surface area contributed by atoms with Gasteiger partial charge in [-0.1, -0.05) is 0 Å². The Kier molecular flexibility index (Phi) is 4.68. The molecular formula is C13H16O3. The molecule has 0 fully saturated rings. The molecule has 0 radical (unpaired) electrons. The largest absolute Gasteiger partial charge is 0.497 e. The van der Waals surface area contributed by atoms with Crippen molar-refractivity contribution < 1.29 is 14.6 Å². The summed E-state index contributed by atoms with van der Waals surface area (Å²) < 4.78 is 10.6. The van der Waals surface area contributed by atoms with Crippen LogP contribution >= 0.6 is 0 Å². The molecule has 0 saturated heterocycles. The predicted molar refractivity (Wildman–Crippen MR) is 62.6 cm³/mol. The Morgan fingerprint density at radius 2 is 2.25 bits per heavy atom. The van der Waals surface area contributed by atoms with Crippen LogP contribution in [0.5, 0.6) is 11.5 Å². The highest BCUT2D eigenvalue weighted by molar-refractivity contribution is 5.41. The fourth-order valence-electron chi connectivity index (χ4n) is 1.33. The maximum atomic E-state index is 9.56. The SMILES string of the molecule is C#CCCOc1cc(OC)ccc1[C@H](C)O. The van der Waals surface area contributed by atoms with Gasteiger partial charge < -0.3 is 14.6 Å². The number of aliphatic hydroxyl groups excluding tert-OH is 1. The van der Waals surface area contributed by atoms with Gasteiger partial charge in [0.05, 0.1) is 19.8 Å². The lowest BCUT2D eigenvalue weighted by molar-refractivity contribution is 0.191. The van der Waals surface area contributed by atoms with Crippen molar-refractivity contribution in [2.45, 2.75) is 19.4 Å². The zero-order valence-electron chi connectivity index (χ0n) is 9.56. The van der Waals surface area contributed by atoms with Crippen molar-refractivity contribution in [3.63, 3.8) is 0 Å². The number of ether oxygens (including phenoxy) is 2. The lowest BCUT2D eigenvalue weighted by Crippen LogP contribution is -2.02. The summed E-state index contributed by atoms with van der Waals surface area (Å²) in [4.78, 5) is 0. The fraction of sp³-hybridized carbons (Fsp3) is 0.385. The Morgan fingerprint density at radius 3 is 2.81 bits per heavy atom. The minimum Gasteiger partial charge on any atom is -0.497 e. The lowest BCUT2D eigenvalue weighted by atomic mass is 10.1. The van der Waals surface area contributed by atoms with Crippen LogP contribution < -0.4 is 9.47 Å². The van der Waals surface area contributed by atoms with E-state index in [0.29, 0.717) is 24.5 Å². The molecule has 0 saturated carbocycles. The topological polar surface area (TPSA) is 38.7 Å². The van der Waals surface area contributed by atoms with Crippen LogP contribution in [0, 0.1) is 12.3 Å². The minimum atomic E-state index is -0.577. The van der Waals surface area contributed by atoms with Gasteiger partial charge >= 0.3 is 0 Å². The van der Waals surface area contributed by atoms with E-state index in [-0.39, 0.29) is 0 Å². The van der Waals surface area contributed by atoms with E-state index in [9.17, 15) is 5.11 Å². The van der Waals surface area contributed by atoms with Gasteiger partial charge in [-0.2, -0.15) is 0 Å². The molecule has 1 aromatic carbocycles. The van der Waals surface area contributed by atoms with Crippen LogP contribution in [0.3, 0.4) is 0 Å². The van der Waals surface area contributed by atoms with Crippen LogP contribution in [0.2, 0.25) is 0 Å². The van der Waals surface area contributed by atoms with Gasteiger partial charge in [-0.05, 0) is 19.1 Å². The average molecular weight is 220 g/mol. The first-order chi connectivity index (χ1) is 7.69. The molecule has 0 aliphatic carbocycles. The lowest BCUT2D eigenvalue weighted by Gasteiger charge is -2.14. The molecule has 16 heavy (non-hydrogen) atoms. The molecule has 1 atom stereocenters. The van der Waals surface area contributed by atoms with Crippen molar-refractivity contribution in [3.8, 4) is 23.8 Å². The molecular weight excluding hydrogens is 204 g/mol. The summed E-state index contributed by atoms with van der Waals surface area (Å²) in [6, 6.07) is 5.32. The van der Waals surface area contributed by atoms with E-state index in [2.05, 4.69) is 5.92 Å². The van der Waals surface area contributed by atoms with Gasteiger partial charge in [-0.15, -0.1) is 12.3 Å². The Hall–Kier alpha value is -1.66. The quantitative estimate of drug-likeness (QED) is 0.610. The Balaban J connectivity index is 2.88. The highest BCUT2D eigenvalue weighted by Crippen LogP contribution is 2.29. The normalized spacial score (nSPS) is 11.6. The summed E-state index contributed by atoms with van der Waals surface area (Å²) in [5, 5.41) is 9.56. The smallest absolute Gasteiger partial charge is 0.128 e. The third-order valence-electron chi connectivity index (χ3n) is 2.17. The van der Waals surface area contributed by atoms with Crippen LogP contribution in [-0.2, 0) is 0 Å². The first-order valence-electron chi connectivity index (χ1n) is 5.11. The average Bonchev–Trinajstić information content (AvgIpc) is 2.29. The minimum absolute atomic E-state index is 0.434. The molecule has 1 rings (SSSR count). The molecule has 0 aliphatic rings. The van der Waals surface area contributed by atoms with Gasteiger partial charge in [-0.25, -0.2) is 0 Å². The van der Waals surface area contributed by atoms with Gasteiger partial charge in [-0.3, -0.25) is 0 Å². The standard InChI is InChI=1S/C13H16O3/c1-4-5-8-16-13-9-11(15-3)6-7-12(13)10(2)14/h1,6-7,9-10,14H,5,8H2,2-3H3/t10-/m0/s1. The van der Waals surface area contributed by atoms with E-state index in [4.69, 9.17) is 15.9 Å². The van der Waals surface area contributed by atoms with Gasteiger partial charge in [0, 0.05) is 18.1 Å². The predicted octanol–water partition coefficient (Wildman–Crippen LogP) is 2.15. The molecule has 0 aliphatic heterocycles. The van der Waals surface area contributed by atoms with Crippen LogP contribution in [0.1, 0.15) is 25.0 Å². The highest BCUT2D eigenvalue weighted by atomic mass is 16.5. The molecule has 0 amide bonds. The van der Waals surface area contributed by atoms with E-state index in [0.717, 1.165) is 5.56 Å². The van der Waals surface area contributed by atoms with Crippen LogP contribution in [-0.4, -0.2) is 18.8 Å². The van der Waals surface area contributed by atoms with Gasteiger partial charge in [0.2, 0.25) is 0 Å². The monoisotopic (exact) mass is 220 g/mol. The van der Waals surface area contributed by atoms with E-state index < -0.39 is 6.10 Å². The third-order valence-corrected chi connectivity index (χ3v) is 2.17. The van der Waals surface area contributed by atoms with Gasteiger partial charge in [0.1, 0.15) is 11.5 Å². The molecule has 1 N–H and O–H groups in total. The van der Waals surface area contributed by atoms with Crippen molar-refractivity contribution in [2.75, 3.05) is 13.7 Å². The second-order valence-corrected chi connectivity index (χ2v) is 3.38. The summed E-state index contributed by atoms with van der Waals surface area (Å²) in [5.74, 6) is 3.81. The second kappa shape index (κ2) is 6.04. The zero-order chi connectivity index (χ0) is 12.0. The third kappa shape index (κ3) is 3.18. The van der Waals surface area contributed by atoms with E-state index >= 15 is 0 Å². The van der Waals surface area contributed by atoms with Crippen molar-refractivity contribution in [3.05, 3.63) is 23.8 Å². The molecule has 1 aromatic rings. The summed E-state index contributed by atoms with van der Waals surface area (Å²) in [7, 11) is 1.59. The molecule has 0 aromatic heterocycles. The first kappa shape index (κ1) is 12.4. The highest BCUT2D eigenvalue weighted by Gasteiger charge is 2.10. The number of hydrogen-bond acceptors (Lipinski definition) is 3. The fourth-order valence-corrected chi connectivity index (χ4v) is 1.33. The number of methoxy groups -OCH3 is 1. The Bertz CT molecular complexity index is 377. The summed E-state index contributed by atoms with van der Waals surface area (Å²) >= 11 is 0. The van der Waals surface area contributed by atoms with Crippen LogP contribution in [0.4, 0.5) is 0 Å². The van der Waals surface area contributed by atoms with E-state index in [1.165, 1.54) is 0 Å². The second-order valence-electron chi connectivity index (χ2n) is 3.38. The maximum Gasteiger partial charge on any atom is 0.128 e. The molecule has 86 valence electrons. The number of benzene rings is 1. The number of rotatable bonds is 5. The Labute approximate surface area is 96.0 Å². The Morgan fingerprint density at radius 1 is 1.50 bits per heavy atom. The van der Waals surface area contributed by atoms with Crippen molar-refractivity contribution in [2.24, 2.45) is 0 Å². The van der Waals surface area contributed by atoms with Crippen molar-refractivity contribution >= 4 is 0 Å². The summed E-state index contributed by atoms with van der Waals surface area (Å²) in [6.07, 6.45) is 5.10. The van der Waals surface area contributed by atoms with E-state index in [1.807, 2.05) is 0 Å². The molecule has 3 heteroatoms. The van der Waals surface area contributed by atoms with Gasteiger partial charge in [0.15, 0.2) is 0 Å². The first-order valence-corrected chi connectivity index (χ1v) is 5.11. The van der Waals surface area contributed by atoms with Crippen LogP contribution in [0.15, 0.2) is 18.2 Å². The van der Waals surface area contributed by atoms with Crippen molar-refractivity contribution in [1.29, 1.82) is 0 Å². The molecule has 0 unspecified atom stereocenters. The molecule has 0 heterocycles. The van der Waals surface area contributed by atoms with E-state index in [1.54, 1.807) is 32.2 Å². The summed E-state index contributed by atoms with van der Waals surface area (Å²) in [5.41, 5.74) is 0.734. The number of aliphatic hydroxyl groups is 1. The number of hydrogen-bond donors (Lipinski definition) is 1. The zero-order valence-corrected chi connectivity index (χ0v) is 9.56. The van der Waals surface area contributed by atoms with Gasteiger partial charge in [0.25, 0.3) is 0 Å². The number of terminal acetylenes is 1. The van der Waals surface area contributed by atoms with Crippen molar-refractivity contribution in [1.82, 2.24) is 0 Å². The summed E-state index contributed by atoms with van der Waals surface area (Å²) in [6.45, 7) is 2.12.